The van der Waals surface area contributed by atoms with Crippen molar-refractivity contribution < 1.29 is 26.7 Å². The zero-order valence-electron chi connectivity index (χ0n) is 14.7. The predicted molar refractivity (Wildman–Crippen MR) is 93.9 cm³/mol. The Hall–Kier alpha value is -1.19. The second-order valence-corrected chi connectivity index (χ2v) is 7.63. The molecule has 1 unspecified atom stereocenters. The number of ether oxygens (including phenoxy) is 1. The molecular weight excluding hydrogens is 378 g/mol. The molecule has 0 radical (unpaired) electrons. The molecule has 0 aliphatic heterocycles. The van der Waals surface area contributed by atoms with Gasteiger partial charge in [0.05, 0.1) is 11.4 Å². The van der Waals surface area contributed by atoms with Gasteiger partial charge in [-0.1, -0.05) is 6.92 Å². The Kier molecular flexibility index (Phi) is 10.9. The third-order valence-corrected chi connectivity index (χ3v) is 4.51. The Morgan fingerprint density at radius 2 is 1.92 bits per heavy atom. The zero-order chi connectivity index (χ0) is 19.6. The lowest BCUT2D eigenvalue weighted by molar-refractivity contribution is -0.120. The molecule has 2 N–H and O–H groups in total. The maximum atomic E-state index is 12.3. The van der Waals surface area contributed by atoms with E-state index in [1.54, 1.807) is 32.9 Å². The van der Waals surface area contributed by atoms with Crippen LogP contribution in [0.4, 0.5) is 8.78 Å². The van der Waals surface area contributed by atoms with Crippen LogP contribution in [0, 0.1) is 0 Å². The highest BCUT2D eigenvalue weighted by atomic mass is 35.5. The number of alkyl halides is 3. The number of allylic oxidation sites excluding steroid dienone is 2. The molecule has 0 aliphatic carbocycles. The first kappa shape index (κ1) is 23.8. The third kappa shape index (κ3) is 9.76. The monoisotopic (exact) mass is 402 g/mol. The van der Waals surface area contributed by atoms with Crippen molar-refractivity contribution in [2.24, 2.45) is 0 Å². The van der Waals surface area contributed by atoms with Gasteiger partial charge >= 0.3 is 5.76 Å². The molecule has 0 aromatic carbocycles. The van der Waals surface area contributed by atoms with Gasteiger partial charge in [0, 0.05) is 13.0 Å². The maximum absolute atomic E-state index is 12.3. The standard InChI is InChI=1S/C15H25ClF2N2O4S/c1-5-13(7-12(11(4)16)8-19-14(21)6-2)24-9-10(3)20-25(22,23)15(17)18/h5,7,10-11,15,20H,6,8-9H2,1-4H3,(H,19,21)/b12-7-,13-5+/t10-,11?/m0/s1. The number of carbonyl (C=O) groups excluding carboxylic acids is 1. The van der Waals surface area contributed by atoms with Crippen LogP contribution in [0.1, 0.15) is 34.1 Å². The van der Waals surface area contributed by atoms with Gasteiger partial charge in [-0.2, -0.15) is 8.78 Å². The molecule has 0 heterocycles. The van der Waals surface area contributed by atoms with Crippen LogP contribution < -0.4 is 10.0 Å². The van der Waals surface area contributed by atoms with E-state index in [0.717, 1.165) is 0 Å². The molecule has 0 saturated carbocycles. The van der Waals surface area contributed by atoms with E-state index in [2.05, 4.69) is 5.32 Å². The summed E-state index contributed by atoms with van der Waals surface area (Å²) in [5.74, 6) is -3.24. The van der Waals surface area contributed by atoms with Gasteiger partial charge in [-0.05, 0) is 38.5 Å². The largest absolute Gasteiger partial charge is 0.492 e. The predicted octanol–water partition coefficient (Wildman–Crippen LogP) is 2.52. The second-order valence-electron chi connectivity index (χ2n) is 5.29. The molecule has 0 saturated heterocycles. The lowest BCUT2D eigenvalue weighted by Gasteiger charge is -2.17. The summed E-state index contributed by atoms with van der Waals surface area (Å²) in [6, 6.07) is -0.848. The summed E-state index contributed by atoms with van der Waals surface area (Å²) in [5.41, 5.74) is 0.692. The van der Waals surface area contributed by atoms with E-state index >= 15 is 0 Å². The number of hydrogen-bond acceptors (Lipinski definition) is 4. The summed E-state index contributed by atoms with van der Waals surface area (Å²) in [4.78, 5) is 11.3. The first-order valence-corrected chi connectivity index (χ1v) is 9.71. The molecule has 0 aliphatic rings. The third-order valence-electron chi connectivity index (χ3n) is 3.03. The summed E-state index contributed by atoms with van der Waals surface area (Å²) in [5, 5.41) is 2.33. The molecule has 10 heteroatoms. The lowest BCUT2D eigenvalue weighted by atomic mass is 10.1. The van der Waals surface area contributed by atoms with Crippen LogP contribution in [0.3, 0.4) is 0 Å². The van der Waals surface area contributed by atoms with Crippen molar-refractivity contribution in [1.29, 1.82) is 0 Å². The first-order chi connectivity index (χ1) is 11.5. The molecule has 0 bridgehead atoms. The molecule has 0 fully saturated rings. The summed E-state index contributed by atoms with van der Waals surface area (Å²) in [7, 11) is -4.68. The Bertz CT molecular complexity index is 592. The van der Waals surface area contributed by atoms with Gasteiger partial charge < -0.3 is 10.1 Å². The number of carbonyl (C=O) groups is 1. The number of halogens is 3. The van der Waals surface area contributed by atoms with Crippen LogP contribution >= 0.6 is 11.6 Å². The van der Waals surface area contributed by atoms with E-state index in [1.165, 1.54) is 6.92 Å². The van der Waals surface area contributed by atoms with E-state index < -0.39 is 21.8 Å². The first-order valence-electron chi connectivity index (χ1n) is 7.73. The van der Waals surface area contributed by atoms with Crippen molar-refractivity contribution in [3.8, 4) is 0 Å². The Morgan fingerprint density at radius 3 is 2.36 bits per heavy atom. The molecule has 1 amide bonds. The SMILES string of the molecule is C/C=C(\C=C(\CNC(=O)CC)C(C)Cl)OC[C@H](C)NS(=O)(=O)C(F)F. The van der Waals surface area contributed by atoms with Crippen LogP contribution in [-0.4, -0.2) is 44.7 Å². The molecule has 6 nitrogen and oxygen atoms in total. The number of amides is 1. The fourth-order valence-corrected chi connectivity index (χ4v) is 2.48. The minimum atomic E-state index is -4.68. The van der Waals surface area contributed by atoms with Gasteiger partial charge in [0.2, 0.25) is 5.91 Å². The minimum absolute atomic E-state index is 0.124. The van der Waals surface area contributed by atoms with Gasteiger partial charge in [-0.3, -0.25) is 4.79 Å². The van der Waals surface area contributed by atoms with E-state index in [0.29, 0.717) is 17.8 Å². The molecule has 2 atom stereocenters. The fraction of sp³-hybridized carbons (Fsp3) is 0.667. The van der Waals surface area contributed by atoms with Crippen LogP contribution in [0.2, 0.25) is 0 Å². The van der Waals surface area contributed by atoms with Crippen molar-refractivity contribution in [1.82, 2.24) is 10.0 Å². The van der Waals surface area contributed by atoms with Crippen LogP contribution in [0.25, 0.3) is 0 Å². The highest BCUT2D eigenvalue weighted by Gasteiger charge is 2.25. The van der Waals surface area contributed by atoms with Crippen LogP contribution in [0.5, 0.6) is 0 Å². The normalized spacial score (nSPS) is 15.8. The highest BCUT2D eigenvalue weighted by Crippen LogP contribution is 2.13. The smallest absolute Gasteiger partial charge is 0.350 e. The van der Waals surface area contributed by atoms with Crippen LogP contribution in [-0.2, 0) is 19.6 Å². The second kappa shape index (κ2) is 11.4. The quantitative estimate of drug-likeness (QED) is 0.316. The van der Waals surface area contributed by atoms with E-state index in [9.17, 15) is 22.0 Å². The highest BCUT2D eigenvalue weighted by molar-refractivity contribution is 7.89. The van der Waals surface area contributed by atoms with Crippen molar-refractivity contribution in [3.63, 3.8) is 0 Å². The summed E-state index contributed by atoms with van der Waals surface area (Å²) in [6.07, 6.45) is 3.59. The lowest BCUT2D eigenvalue weighted by Crippen LogP contribution is -2.39. The van der Waals surface area contributed by atoms with E-state index in [-0.39, 0.29) is 24.4 Å². The molecule has 0 spiro atoms. The number of nitrogens with one attached hydrogen (secondary N) is 2. The van der Waals surface area contributed by atoms with Gasteiger partial charge in [-0.15, -0.1) is 11.6 Å². The molecule has 25 heavy (non-hydrogen) atoms. The molecule has 146 valence electrons. The zero-order valence-corrected chi connectivity index (χ0v) is 16.3. The number of rotatable bonds is 11. The van der Waals surface area contributed by atoms with Crippen LogP contribution in [0.15, 0.2) is 23.5 Å². The fourth-order valence-electron chi connectivity index (χ4n) is 1.61. The molecule has 0 rings (SSSR count). The summed E-state index contributed by atoms with van der Waals surface area (Å²) >= 11 is 6.08. The van der Waals surface area contributed by atoms with E-state index in [1.807, 2.05) is 4.72 Å². The number of hydrogen-bond donors (Lipinski definition) is 2. The molecular formula is C15H25ClF2N2O4S. The van der Waals surface area contributed by atoms with Gasteiger partial charge in [-0.25, -0.2) is 13.1 Å². The minimum Gasteiger partial charge on any atom is -0.492 e. The average Bonchev–Trinajstić information content (AvgIpc) is 2.52. The maximum Gasteiger partial charge on any atom is 0.350 e. The van der Waals surface area contributed by atoms with Gasteiger partial charge in [0.15, 0.2) is 0 Å². The summed E-state index contributed by atoms with van der Waals surface area (Å²) < 4.78 is 54.1. The van der Waals surface area contributed by atoms with Crippen molar-refractivity contribution in [3.05, 3.63) is 23.5 Å². The van der Waals surface area contributed by atoms with E-state index in [4.69, 9.17) is 16.3 Å². The van der Waals surface area contributed by atoms with Crippen molar-refractivity contribution in [2.75, 3.05) is 13.2 Å². The van der Waals surface area contributed by atoms with Gasteiger partial charge in [0.25, 0.3) is 10.0 Å². The summed E-state index contributed by atoms with van der Waals surface area (Å²) in [6.45, 7) is 6.66. The van der Waals surface area contributed by atoms with Crippen molar-refractivity contribution >= 4 is 27.5 Å². The van der Waals surface area contributed by atoms with Crippen molar-refractivity contribution in [2.45, 2.75) is 51.3 Å². The number of sulfonamides is 1. The Balaban J connectivity index is 4.82. The Morgan fingerprint density at radius 1 is 1.32 bits per heavy atom. The van der Waals surface area contributed by atoms with Gasteiger partial charge in [0.1, 0.15) is 12.4 Å². The Labute approximate surface area is 152 Å². The molecule has 0 aromatic heterocycles. The molecule has 0 aromatic rings. The average molecular weight is 403 g/mol. The topological polar surface area (TPSA) is 84.5 Å².